The van der Waals surface area contributed by atoms with Crippen molar-refractivity contribution in [2.75, 3.05) is 18.0 Å². The van der Waals surface area contributed by atoms with Crippen molar-refractivity contribution in [2.24, 2.45) is 0 Å². The van der Waals surface area contributed by atoms with Crippen molar-refractivity contribution in [3.63, 3.8) is 0 Å². The normalized spacial score (nSPS) is 14.9. The monoisotopic (exact) mass is 263 g/mol. The van der Waals surface area contributed by atoms with Gasteiger partial charge in [-0.25, -0.2) is 4.79 Å². The van der Waals surface area contributed by atoms with Gasteiger partial charge in [0.05, 0.1) is 5.69 Å². The Morgan fingerprint density at radius 1 is 1.42 bits per heavy atom. The number of rotatable bonds is 2. The van der Waals surface area contributed by atoms with Crippen molar-refractivity contribution in [2.45, 2.75) is 26.2 Å². The summed E-state index contributed by atoms with van der Waals surface area (Å²) in [6.45, 7) is 5.98. The van der Waals surface area contributed by atoms with Gasteiger partial charge < -0.3 is 14.7 Å². The number of carboxylic acid groups (broad SMARTS) is 1. The average molecular weight is 263 g/mol. The number of hydrogen-bond acceptors (Lipinski definition) is 4. The third kappa shape index (κ3) is 2.86. The van der Waals surface area contributed by atoms with Crippen LogP contribution in [-0.4, -0.2) is 30.1 Å². The van der Waals surface area contributed by atoms with E-state index in [2.05, 4.69) is 20.8 Å². The fraction of sp³-hybridized carbons (Fsp3) is 0.429. The van der Waals surface area contributed by atoms with Crippen molar-refractivity contribution in [3.05, 3.63) is 23.8 Å². The molecule has 0 unspecified atom stereocenters. The van der Waals surface area contributed by atoms with Crippen molar-refractivity contribution in [1.82, 2.24) is 0 Å². The molecule has 102 valence electrons. The Labute approximate surface area is 111 Å². The standard InChI is InChI=1S/C14H17NO4/c1-14(2,3)9-4-5-11-10(6-9)15(7-12(16)17)8-13(18)19-11/h4-6H,7-8H2,1-3H3,(H,16,17). The van der Waals surface area contributed by atoms with E-state index in [1.807, 2.05) is 12.1 Å². The fourth-order valence-corrected chi connectivity index (χ4v) is 2.02. The molecule has 0 saturated heterocycles. The number of benzene rings is 1. The Bertz CT molecular complexity index is 531. The molecular weight excluding hydrogens is 246 g/mol. The maximum absolute atomic E-state index is 11.4. The van der Waals surface area contributed by atoms with Crippen molar-refractivity contribution >= 4 is 17.6 Å². The zero-order valence-corrected chi connectivity index (χ0v) is 11.3. The molecule has 0 spiro atoms. The second-order valence-electron chi connectivity index (χ2n) is 5.66. The van der Waals surface area contributed by atoms with Gasteiger partial charge in [-0.2, -0.15) is 0 Å². The number of ether oxygens (including phenoxy) is 1. The maximum Gasteiger partial charge on any atom is 0.331 e. The largest absolute Gasteiger partial charge is 0.480 e. The van der Waals surface area contributed by atoms with Crippen LogP contribution in [0.5, 0.6) is 5.75 Å². The first-order valence-corrected chi connectivity index (χ1v) is 6.09. The summed E-state index contributed by atoms with van der Waals surface area (Å²) in [5.74, 6) is -0.982. The number of carbonyl (C=O) groups is 2. The summed E-state index contributed by atoms with van der Waals surface area (Å²) in [5.41, 5.74) is 1.68. The molecule has 0 saturated carbocycles. The smallest absolute Gasteiger partial charge is 0.331 e. The quantitative estimate of drug-likeness (QED) is 0.651. The zero-order valence-electron chi connectivity index (χ0n) is 11.3. The first kappa shape index (κ1) is 13.4. The molecule has 2 rings (SSSR count). The predicted molar refractivity (Wildman–Crippen MR) is 70.6 cm³/mol. The third-order valence-electron chi connectivity index (χ3n) is 3.04. The predicted octanol–water partition coefficient (Wildman–Crippen LogP) is 1.79. The summed E-state index contributed by atoms with van der Waals surface area (Å²) in [6, 6.07) is 5.52. The van der Waals surface area contributed by atoms with Crippen molar-refractivity contribution < 1.29 is 19.4 Å². The average Bonchev–Trinajstić information content (AvgIpc) is 2.26. The lowest BCUT2D eigenvalue weighted by Gasteiger charge is -2.30. The Balaban J connectivity index is 2.44. The molecule has 5 heteroatoms. The summed E-state index contributed by atoms with van der Waals surface area (Å²) >= 11 is 0. The van der Waals surface area contributed by atoms with Crippen LogP contribution in [0, 0.1) is 0 Å². The summed E-state index contributed by atoms with van der Waals surface area (Å²) in [6.07, 6.45) is 0. The molecule has 1 aromatic rings. The minimum atomic E-state index is -0.971. The second-order valence-corrected chi connectivity index (χ2v) is 5.66. The SMILES string of the molecule is CC(C)(C)c1ccc2c(c1)N(CC(=O)O)CC(=O)O2. The molecular formula is C14H17NO4. The van der Waals surface area contributed by atoms with E-state index in [0.29, 0.717) is 11.4 Å². The Kier molecular flexibility index (Phi) is 3.22. The van der Waals surface area contributed by atoms with Crippen LogP contribution in [0.1, 0.15) is 26.3 Å². The molecule has 0 aliphatic carbocycles. The highest BCUT2D eigenvalue weighted by Crippen LogP contribution is 2.36. The number of carboxylic acids is 1. The van der Waals surface area contributed by atoms with Crippen molar-refractivity contribution in [3.8, 4) is 5.75 Å². The van der Waals surface area contributed by atoms with Gasteiger partial charge in [-0.3, -0.25) is 4.79 Å². The molecule has 0 aromatic heterocycles. The number of carbonyl (C=O) groups excluding carboxylic acids is 1. The molecule has 0 fully saturated rings. The van der Waals surface area contributed by atoms with Crippen LogP contribution < -0.4 is 9.64 Å². The summed E-state index contributed by atoms with van der Waals surface area (Å²) in [5, 5.41) is 8.91. The lowest BCUT2D eigenvalue weighted by atomic mass is 9.86. The number of fused-ring (bicyclic) bond motifs is 1. The topological polar surface area (TPSA) is 66.8 Å². The first-order valence-electron chi connectivity index (χ1n) is 6.09. The van der Waals surface area contributed by atoms with Crippen LogP contribution >= 0.6 is 0 Å². The van der Waals surface area contributed by atoms with Gasteiger partial charge in [-0.15, -0.1) is 0 Å². The molecule has 1 N–H and O–H groups in total. The number of aliphatic carboxylic acids is 1. The highest BCUT2D eigenvalue weighted by atomic mass is 16.5. The van der Waals surface area contributed by atoms with Crippen LogP contribution in [0.25, 0.3) is 0 Å². The molecule has 1 aliphatic rings. The van der Waals surface area contributed by atoms with E-state index in [0.717, 1.165) is 5.56 Å². The van der Waals surface area contributed by atoms with Crippen LogP contribution in [-0.2, 0) is 15.0 Å². The van der Waals surface area contributed by atoms with E-state index in [9.17, 15) is 9.59 Å². The minimum absolute atomic E-state index is 0.0348. The summed E-state index contributed by atoms with van der Waals surface area (Å²) < 4.78 is 5.14. The van der Waals surface area contributed by atoms with Gasteiger partial charge in [0.2, 0.25) is 0 Å². The van der Waals surface area contributed by atoms with Crippen LogP contribution in [0.4, 0.5) is 5.69 Å². The first-order chi connectivity index (χ1) is 8.77. The molecule has 1 aliphatic heterocycles. The van der Waals surface area contributed by atoms with Gasteiger partial charge in [0.25, 0.3) is 0 Å². The van der Waals surface area contributed by atoms with E-state index in [1.54, 1.807) is 6.07 Å². The van der Waals surface area contributed by atoms with E-state index >= 15 is 0 Å². The molecule has 1 aromatic carbocycles. The van der Waals surface area contributed by atoms with E-state index < -0.39 is 11.9 Å². The Morgan fingerprint density at radius 3 is 2.68 bits per heavy atom. The zero-order chi connectivity index (χ0) is 14.2. The lowest BCUT2D eigenvalue weighted by molar-refractivity contribution is -0.136. The highest BCUT2D eigenvalue weighted by molar-refractivity contribution is 5.87. The van der Waals surface area contributed by atoms with Gasteiger partial charge in [-0.05, 0) is 23.1 Å². The van der Waals surface area contributed by atoms with Crippen LogP contribution in [0.3, 0.4) is 0 Å². The highest BCUT2D eigenvalue weighted by Gasteiger charge is 2.27. The Hall–Kier alpha value is -2.04. The van der Waals surface area contributed by atoms with Crippen LogP contribution in [0.2, 0.25) is 0 Å². The molecule has 0 radical (unpaired) electrons. The molecule has 0 amide bonds. The third-order valence-corrected chi connectivity index (χ3v) is 3.04. The summed E-state index contributed by atoms with van der Waals surface area (Å²) in [4.78, 5) is 23.8. The molecule has 19 heavy (non-hydrogen) atoms. The lowest BCUT2D eigenvalue weighted by Crippen LogP contribution is -2.40. The minimum Gasteiger partial charge on any atom is -0.480 e. The van der Waals surface area contributed by atoms with Gasteiger partial charge in [0.1, 0.15) is 13.1 Å². The second kappa shape index (κ2) is 4.57. The van der Waals surface area contributed by atoms with E-state index in [4.69, 9.17) is 9.84 Å². The number of nitrogens with zero attached hydrogens (tertiary/aromatic N) is 1. The van der Waals surface area contributed by atoms with Gasteiger partial charge in [0, 0.05) is 0 Å². The number of anilines is 1. The van der Waals surface area contributed by atoms with Gasteiger partial charge >= 0.3 is 11.9 Å². The van der Waals surface area contributed by atoms with E-state index in [1.165, 1.54) is 4.90 Å². The van der Waals surface area contributed by atoms with Crippen LogP contribution in [0.15, 0.2) is 18.2 Å². The fourth-order valence-electron chi connectivity index (χ4n) is 2.02. The maximum atomic E-state index is 11.4. The molecule has 1 heterocycles. The number of hydrogen-bond donors (Lipinski definition) is 1. The van der Waals surface area contributed by atoms with Gasteiger partial charge in [0.15, 0.2) is 5.75 Å². The molecule has 5 nitrogen and oxygen atoms in total. The van der Waals surface area contributed by atoms with E-state index in [-0.39, 0.29) is 18.5 Å². The Morgan fingerprint density at radius 2 is 2.11 bits per heavy atom. The number of esters is 1. The molecule has 0 atom stereocenters. The van der Waals surface area contributed by atoms with Gasteiger partial charge in [-0.1, -0.05) is 26.8 Å². The molecule has 0 bridgehead atoms. The summed E-state index contributed by atoms with van der Waals surface area (Å²) in [7, 11) is 0. The van der Waals surface area contributed by atoms with Crippen molar-refractivity contribution in [1.29, 1.82) is 0 Å².